The van der Waals surface area contributed by atoms with E-state index in [2.05, 4.69) is 5.32 Å². The normalized spacial score (nSPS) is 17.0. The molecule has 1 fully saturated rings. The van der Waals surface area contributed by atoms with Crippen LogP contribution in [0.3, 0.4) is 0 Å². The molecule has 4 nitrogen and oxygen atoms in total. The summed E-state index contributed by atoms with van der Waals surface area (Å²) < 4.78 is 40.0. The predicted octanol–water partition coefficient (Wildman–Crippen LogP) is 2.58. The van der Waals surface area contributed by atoms with Crippen molar-refractivity contribution >= 4 is 6.29 Å². The lowest BCUT2D eigenvalue weighted by molar-refractivity contribution is -0.138. The van der Waals surface area contributed by atoms with Crippen molar-refractivity contribution in [1.29, 1.82) is 0 Å². The van der Waals surface area contributed by atoms with Crippen LogP contribution < -0.4 is 5.32 Å². The zero-order chi connectivity index (χ0) is 18.0. The monoisotopic (exact) mass is 344 g/mol. The minimum absolute atomic E-state index is 0.0290. The fourth-order valence-electron chi connectivity index (χ4n) is 3.19. The third-order valence-electron chi connectivity index (χ3n) is 4.43. The Hall–Kier alpha value is -1.44. The molecule has 0 amide bonds. The van der Waals surface area contributed by atoms with Crippen molar-refractivity contribution in [3.63, 3.8) is 0 Å². The number of hydrogen-bond acceptors (Lipinski definition) is 4. The van der Waals surface area contributed by atoms with Crippen molar-refractivity contribution in [3.05, 3.63) is 34.4 Å². The smallest absolute Gasteiger partial charge is 0.389 e. The van der Waals surface area contributed by atoms with Crippen LogP contribution >= 0.6 is 0 Å². The zero-order valence-corrected chi connectivity index (χ0v) is 13.9. The van der Waals surface area contributed by atoms with Crippen LogP contribution in [0.4, 0.5) is 13.2 Å². The van der Waals surface area contributed by atoms with Gasteiger partial charge in [0.1, 0.15) is 6.29 Å². The molecular formula is C17H23F3N2O2. The summed E-state index contributed by atoms with van der Waals surface area (Å²) in [4.78, 5) is 13.0. The number of alkyl halides is 3. The molecule has 0 saturated heterocycles. The second-order valence-corrected chi connectivity index (χ2v) is 6.61. The van der Waals surface area contributed by atoms with Crippen LogP contribution in [0.2, 0.25) is 0 Å². The molecule has 0 aliphatic heterocycles. The van der Waals surface area contributed by atoms with Gasteiger partial charge >= 0.3 is 6.18 Å². The van der Waals surface area contributed by atoms with E-state index in [0.717, 1.165) is 12.5 Å². The van der Waals surface area contributed by atoms with E-state index >= 15 is 0 Å². The SMILES string of the molecule is CNCc1c(C=O)cc(CN(C)CC2(O)CCC2)cc1C(F)(F)F. The fourth-order valence-corrected chi connectivity index (χ4v) is 3.19. The third-order valence-corrected chi connectivity index (χ3v) is 4.43. The Morgan fingerprint density at radius 1 is 1.38 bits per heavy atom. The van der Waals surface area contributed by atoms with Crippen LogP contribution in [-0.2, 0) is 19.3 Å². The van der Waals surface area contributed by atoms with Gasteiger partial charge in [-0.1, -0.05) is 0 Å². The first-order valence-electron chi connectivity index (χ1n) is 7.92. The summed E-state index contributed by atoms with van der Waals surface area (Å²) in [5, 5.41) is 12.8. The van der Waals surface area contributed by atoms with Crippen molar-refractivity contribution in [3.8, 4) is 0 Å². The lowest BCUT2D eigenvalue weighted by Gasteiger charge is -2.39. The number of likely N-dealkylation sites (N-methyl/N-ethyl adjacent to an activating group) is 1. The molecule has 1 saturated carbocycles. The van der Waals surface area contributed by atoms with Gasteiger partial charge in [0, 0.05) is 25.2 Å². The van der Waals surface area contributed by atoms with Gasteiger partial charge in [-0.15, -0.1) is 0 Å². The van der Waals surface area contributed by atoms with Crippen molar-refractivity contribution in [2.45, 2.75) is 44.1 Å². The van der Waals surface area contributed by atoms with Gasteiger partial charge in [0.25, 0.3) is 0 Å². The molecule has 0 heterocycles. The van der Waals surface area contributed by atoms with Gasteiger partial charge in [0.15, 0.2) is 0 Å². The van der Waals surface area contributed by atoms with E-state index in [4.69, 9.17) is 0 Å². The number of nitrogens with zero attached hydrogens (tertiary/aromatic N) is 1. The Labute approximate surface area is 139 Å². The molecular weight excluding hydrogens is 321 g/mol. The summed E-state index contributed by atoms with van der Waals surface area (Å²) in [5.41, 5.74) is -1.10. The topological polar surface area (TPSA) is 52.6 Å². The van der Waals surface area contributed by atoms with Gasteiger partial charge < -0.3 is 10.4 Å². The molecule has 24 heavy (non-hydrogen) atoms. The minimum Gasteiger partial charge on any atom is -0.389 e. The average Bonchev–Trinajstić information content (AvgIpc) is 2.45. The number of aliphatic hydroxyl groups is 1. The molecule has 1 aromatic carbocycles. The maximum atomic E-state index is 13.3. The quantitative estimate of drug-likeness (QED) is 0.747. The van der Waals surface area contributed by atoms with Crippen LogP contribution in [0.25, 0.3) is 0 Å². The van der Waals surface area contributed by atoms with Crippen LogP contribution in [0.1, 0.15) is 46.3 Å². The van der Waals surface area contributed by atoms with Crippen LogP contribution in [0, 0.1) is 0 Å². The predicted molar refractivity (Wildman–Crippen MR) is 84.7 cm³/mol. The summed E-state index contributed by atoms with van der Waals surface area (Å²) in [7, 11) is 3.29. The van der Waals surface area contributed by atoms with Gasteiger partial charge in [-0.05, 0) is 56.6 Å². The highest BCUT2D eigenvalue weighted by Crippen LogP contribution is 2.35. The van der Waals surface area contributed by atoms with E-state index in [1.165, 1.54) is 13.1 Å². The molecule has 0 bridgehead atoms. The van der Waals surface area contributed by atoms with E-state index in [1.54, 1.807) is 11.9 Å². The number of halogens is 3. The van der Waals surface area contributed by atoms with Crippen LogP contribution in [0.15, 0.2) is 12.1 Å². The number of rotatable bonds is 7. The van der Waals surface area contributed by atoms with Crippen molar-refractivity contribution in [2.24, 2.45) is 0 Å². The van der Waals surface area contributed by atoms with Gasteiger partial charge in [0.05, 0.1) is 11.2 Å². The maximum Gasteiger partial charge on any atom is 0.416 e. The number of benzene rings is 1. The molecule has 0 atom stereocenters. The molecule has 0 aromatic heterocycles. The minimum atomic E-state index is -4.52. The van der Waals surface area contributed by atoms with E-state index in [-0.39, 0.29) is 24.2 Å². The molecule has 1 aliphatic carbocycles. The summed E-state index contributed by atoms with van der Waals surface area (Å²) in [6.45, 7) is 0.619. The number of carbonyl (C=O) groups excluding carboxylic acids is 1. The first-order chi connectivity index (χ1) is 11.2. The Morgan fingerprint density at radius 2 is 2.04 bits per heavy atom. The highest BCUT2D eigenvalue weighted by molar-refractivity contribution is 5.78. The molecule has 2 N–H and O–H groups in total. The number of carbonyl (C=O) groups is 1. The first kappa shape index (κ1) is 18.9. The average molecular weight is 344 g/mol. The van der Waals surface area contributed by atoms with E-state index in [0.29, 0.717) is 31.2 Å². The number of aldehydes is 1. The zero-order valence-electron chi connectivity index (χ0n) is 13.9. The van der Waals surface area contributed by atoms with Crippen molar-refractivity contribution < 1.29 is 23.1 Å². The first-order valence-corrected chi connectivity index (χ1v) is 7.92. The largest absolute Gasteiger partial charge is 0.416 e. The van der Waals surface area contributed by atoms with Gasteiger partial charge in [0.2, 0.25) is 0 Å². The lowest BCUT2D eigenvalue weighted by Crippen LogP contribution is -2.46. The summed E-state index contributed by atoms with van der Waals surface area (Å²) >= 11 is 0. The Balaban J connectivity index is 2.28. The second kappa shape index (κ2) is 7.21. The maximum absolute atomic E-state index is 13.3. The molecule has 1 aliphatic rings. The number of hydrogen-bond donors (Lipinski definition) is 2. The fraction of sp³-hybridized carbons (Fsp3) is 0.588. The Kier molecular flexibility index (Phi) is 5.67. The molecule has 1 aromatic rings. The van der Waals surface area contributed by atoms with Gasteiger partial charge in [-0.2, -0.15) is 13.2 Å². The standard InChI is InChI=1S/C17H23F3N2O2/c1-21-8-14-13(10-23)6-12(7-15(14)17(18,19)20)9-22(2)11-16(24)4-3-5-16/h6-7,10,21,24H,3-5,8-9,11H2,1-2H3. The van der Waals surface area contributed by atoms with Crippen LogP contribution in [0.5, 0.6) is 0 Å². The lowest BCUT2D eigenvalue weighted by atomic mass is 9.80. The molecule has 2 rings (SSSR count). The third kappa shape index (κ3) is 4.34. The van der Waals surface area contributed by atoms with E-state index in [1.807, 2.05) is 0 Å². The summed E-state index contributed by atoms with van der Waals surface area (Å²) in [6, 6.07) is 2.59. The van der Waals surface area contributed by atoms with Gasteiger partial charge in [-0.3, -0.25) is 9.69 Å². The molecule has 0 spiro atoms. The molecule has 7 heteroatoms. The summed E-state index contributed by atoms with van der Waals surface area (Å²) in [5.74, 6) is 0. The highest BCUT2D eigenvalue weighted by atomic mass is 19.4. The van der Waals surface area contributed by atoms with Gasteiger partial charge in [-0.25, -0.2) is 0 Å². The van der Waals surface area contributed by atoms with Crippen molar-refractivity contribution in [2.75, 3.05) is 20.6 Å². The van der Waals surface area contributed by atoms with E-state index in [9.17, 15) is 23.1 Å². The van der Waals surface area contributed by atoms with Crippen LogP contribution in [-0.4, -0.2) is 42.5 Å². The molecule has 134 valence electrons. The Bertz CT molecular complexity index is 598. The molecule has 0 radical (unpaired) electrons. The Morgan fingerprint density at radius 3 is 2.50 bits per heavy atom. The second-order valence-electron chi connectivity index (χ2n) is 6.61. The summed E-state index contributed by atoms with van der Waals surface area (Å²) in [6.07, 6.45) is -1.66. The highest BCUT2D eigenvalue weighted by Gasteiger charge is 2.36. The molecule has 0 unspecified atom stereocenters. The van der Waals surface area contributed by atoms with Crippen molar-refractivity contribution in [1.82, 2.24) is 10.2 Å². The van der Waals surface area contributed by atoms with E-state index < -0.39 is 17.3 Å². The number of nitrogens with one attached hydrogen (secondary N) is 1.